The van der Waals surface area contributed by atoms with Gasteiger partial charge in [-0.05, 0) is 38.8 Å². The molecule has 1 saturated heterocycles. The number of nitrogens with two attached hydrogens (primary N) is 1. The first-order chi connectivity index (χ1) is 9.41. The van der Waals surface area contributed by atoms with E-state index in [1.165, 1.54) is 4.90 Å². The Kier molecular flexibility index (Phi) is 2.83. The number of benzene rings is 1. The molecule has 1 aromatic carbocycles. The average molecular weight is 274 g/mol. The molecular weight excluding hydrogens is 256 g/mol. The van der Waals surface area contributed by atoms with Gasteiger partial charge in [0.2, 0.25) is 0 Å². The smallest absolute Gasteiger partial charge is 0.263 e. The van der Waals surface area contributed by atoms with Gasteiger partial charge in [0.05, 0.1) is 16.7 Å². The number of ether oxygens (including phenoxy) is 1. The van der Waals surface area contributed by atoms with Gasteiger partial charge < -0.3 is 10.5 Å². The van der Waals surface area contributed by atoms with Crippen molar-refractivity contribution in [3.8, 4) is 0 Å². The average Bonchev–Trinajstić information content (AvgIpc) is 2.62. The molecule has 5 heteroatoms. The molecule has 2 N–H and O–H groups in total. The van der Waals surface area contributed by atoms with Crippen molar-refractivity contribution in [2.75, 3.05) is 12.3 Å². The highest BCUT2D eigenvalue weighted by Crippen LogP contribution is 2.34. The van der Waals surface area contributed by atoms with Crippen molar-refractivity contribution in [2.45, 2.75) is 38.3 Å². The summed E-state index contributed by atoms with van der Waals surface area (Å²) in [4.78, 5) is 26.4. The maximum atomic E-state index is 12.5. The van der Waals surface area contributed by atoms with Crippen LogP contribution in [0.3, 0.4) is 0 Å². The fourth-order valence-electron chi connectivity index (χ4n) is 3.08. The Bertz CT molecular complexity index is 595. The SMILES string of the molecule is CC1(C)CC(N2C(=O)c3cccc(N)c3C2=O)CCO1. The number of fused-ring (bicyclic) bond motifs is 1. The fraction of sp³-hybridized carbons (Fsp3) is 0.467. The molecule has 1 atom stereocenters. The second-order valence-electron chi connectivity index (χ2n) is 6.00. The van der Waals surface area contributed by atoms with Crippen molar-refractivity contribution >= 4 is 17.5 Å². The normalized spacial score (nSPS) is 24.9. The minimum atomic E-state index is -0.316. The van der Waals surface area contributed by atoms with E-state index in [-0.39, 0.29) is 23.5 Å². The van der Waals surface area contributed by atoms with Gasteiger partial charge in [-0.1, -0.05) is 6.07 Å². The topological polar surface area (TPSA) is 72.6 Å². The molecule has 5 nitrogen and oxygen atoms in total. The van der Waals surface area contributed by atoms with Crippen molar-refractivity contribution in [3.63, 3.8) is 0 Å². The van der Waals surface area contributed by atoms with Crippen molar-refractivity contribution in [3.05, 3.63) is 29.3 Å². The maximum absolute atomic E-state index is 12.5. The third kappa shape index (κ3) is 1.89. The van der Waals surface area contributed by atoms with Crippen molar-refractivity contribution in [1.82, 2.24) is 4.90 Å². The van der Waals surface area contributed by atoms with Crippen LogP contribution in [-0.2, 0) is 4.74 Å². The number of carbonyl (C=O) groups excluding carboxylic acids is 2. The summed E-state index contributed by atoms with van der Waals surface area (Å²) in [6, 6.07) is 4.90. The zero-order valence-corrected chi connectivity index (χ0v) is 11.7. The Balaban J connectivity index is 1.96. The lowest BCUT2D eigenvalue weighted by Gasteiger charge is -2.38. The van der Waals surface area contributed by atoms with Gasteiger partial charge in [0.15, 0.2) is 0 Å². The first-order valence-corrected chi connectivity index (χ1v) is 6.81. The first-order valence-electron chi connectivity index (χ1n) is 6.81. The van der Waals surface area contributed by atoms with Crippen LogP contribution in [0, 0.1) is 0 Å². The van der Waals surface area contributed by atoms with Crippen LogP contribution in [0.1, 0.15) is 47.4 Å². The lowest BCUT2D eigenvalue weighted by atomic mass is 9.93. The summed E-state index contributed by atoms with van der Waals surface area (Å²) in [6.45, 7) is 4.51. The van der Waals surface area contributed by atoms with Crippen LogP contribution in [0.15, 0.2) is 18.2 Å². The zero-order valence-electron chi connectivity index (χ0n) is 11.7. The molecule has 1 aromatic rings. The fourth-order valence-corrected chi connectivity index (χ4v) is 3.08. The summed E-state index contributed by atoms with van der Waals surface area (Å²) < 4.78 is 5.65. The Morgan fingerprint density at radius 1 is 1.30 bits per heavy atom. The van der Waals surface area contributed by atoms with Gasteiger partial charge >= 0.3 is 0 Å². The van der Waals surface area contributed by atoms with Gasteiger partial charge in [-0.25, -0.2) is 0 Å². The molecule has 0 spiro atoms. The molecule has 0 aromatic heterocycles. The van der Waals surface area contributed by atoms with Crippen LogP contribution in [0.25, 0.3) is 0 Å². The van der Waals surface area contributed by atoms with Crippen molar-refractivity contribution in [2.24, 2.45) is 0 Å². The van der Waals surface area contributed by atoms with Crippen LogP contribution in [0.2, 0.25) is 0 Å². The molecule has 0 saturated carbocycles. The number of nitrogen functional groups attached to an aromatic ring is 1. The van der Waals surface area contributed by atoms with E-state index in [0.717, 1.165) is 0 Å². The summed E-state index contributed by atoms with van der Waals surface area (Å²) in [5, 5.41) is 0. The predicted molar refractivity (Wildman–Crippen MR) is 74.4 cm³/mol. The summed E-state index contributed by atoms with van der Waals surface area (Å²) in [5.74, 6) is -0.509. The number of hydrogen-bond acceptors (Lipinski definition) is 4. The van der Waals surface area contributed by atoms with Gasteiger partial charge in [0.25, 0.3) is 11.8 Å². The lowest BCUT2D eigenvalue weighted by molar-refractivity contribution is -0.0738. The van der Waals surface area contributed by atoms with Gasteiger partial charge in [-0.2, -0.15) is 0 Å². The Hall–Kier alpha value is -1.88. The largest absolute Gasteiger partial charge is 0.398 e. The van der Waals surface area contributed by atoms with Gasteiger partial charge in [0.1, 0.15) is 0 Å². The summed E-state index contributed by atoms with van der Waals surface area (Å²) in [5.41, 5.74) is 6.66. The number of hydrogen-bond donors (Lipinski definition) is 1. The number of imide groups is 1. The highest BCUT2D eigenvalue weighted by atomic mass is 16.5. The van der Waals surface area contributed by atoms with Crippen molar-refractivity contribution < 1.29 is 14.3 Å². The van der Waals surface area contributed by atoms with Crippen LogP contribution >= 0.6 is 0 Å². The summed E-state index contributed by atoms with van der Waals surface area (Å²) in [7, 11) is 0. The summed E-state index contributed by atoms with van der Waals surface area (Å²) in [6.07, 6.45) is 1.33. The quantitative estimate of drug-likeness (QED) is 0.626. The van der Waals surface area contributed by atoms with E-state index < -0.39 is 0 Å². The van der Waals surface area contributed by atoms with Gasteiger partial charge in [0, 0.05) is 18.3 Å². The molecular formula is C15H18N2O3. The van der Waals surface area contributed by atoms with Crippen LogP contribution in [-0.4, -0.2) is 35.0 Å². The van der Waals surface area contributed by atoms with E-state index in [0.29, 0.717) is 36.3 Å². The van der Waals surface area contributed by atoms with Crippen LogP contribution in [0.4, 0.5) is 5.69 Å². The molecule has 3 rings (SSSR count). The number of nitrogens with zero attached hydrogens (tertiary/aromatic N) is 1. The predicted octanol–water partition coefficient (Wildman–Crippen LogP) is 1.82. The lowest BCUT2D eigenvalue weighted by Crippen LogP contribution is -2.48. The Morgan fingerprint density at radius 2 is 2.05 bits per heavy atom. The Labute approximate surface area is 117 Å². The Morgan fingerprint density at radius 3 is 2.70 bits per heavy atom. The minimum Gasteiger partial charge on any atom is -0.398 e. The third-order valence-corrected chi connectivity index (χ3v) is 4.01. The van der Waals surface area contributed by atoms with E-state index in [1.54, 1.807) is 18.2 Å². The number of anilines is 1. The molecule has 1 unspecified atom stereocenters. The van der Waals surface area contributed by atoms with E-state index >= 15 is 0 Å². The number of carbonyl (C=O) groups is 2. The van der Waals surface area contributed by atoms with Crippen LogP contribution in [0.5, 0.6) is 0 Å². The standard InChI is InChI=1S/C15H18N2O3/c1-15(2)8-9(6-7-20-15)17-13(18)10-4-3-5-11(16)12(10)14(17)19/h3-5,9H,6-8,16H2,1-2H3. The molecule has 0 radical (unpaired) electrons. The molecule has 2 aliphatic heterocycles. The maximum Gasteiger partial charge on any atom is 0.263 e. The first kappa shape index (κ1) is 13.1. The molecule has 2 aliphatic rings. The molecule has 20 heavy (non-hydrogen) atoms. The highest BCUT2D eigenvalue weighted by Gasteiger charge is 2.44. The number of rotatable bonds is 1. The zero-order chi connectivity index (χ0) is 14.5. The van der Waals surface area contributed by atoms with E-state index in [2.05, 4.69) is 0 Å². The van der Waals surface area contributed by atoms with Crippen molar-refractivity contribution in [1.29, 1.82) is 0 Å². The molecule has 2 amide bonds. The van der Waals surface area contributed by atoms with Crippen LogP contribution < -0.4 is 5.73 Å². The minimum absolute atomic E-state index is 0.120. The van der Waals surface area contributed by atoms with Gasteiger partial charge in [-0.3, -0.25) is 14.5 Å². The van der Waals surface area contributed by atoms with Gasteiger partial charge in [-0.15, -0.1) is 0 Å². The second-order valence-corrected chi connectivity index (χ2v) is 6.00. The monoisotopic (exact) mass is 274 g/mol. The molecule has 0 aliphatic carbocycles. The second kappa shape index (κ2) is 4.31. The number of amides is 2. The molecule has 1 fully saturated rings. The summed E-state index contributed by atoms with van der Waals surface area (Å²) >= 11 is 0. The highest BCUT2D eigenvalue weighted by molar-refractivity contribution is 6.23. The molecule has 106 valence electrons. The molecule has 2 heterocycles. The van der Waals surface area contributed by atoms with E-state index in [4.69, 9.17) is 10.5 Å². The van der Waals surface area contributed by atoms with E-state index in [1.807, 2.05) is 13.8 Å². The molecule has 0 bridgehead atoms. The van der Waals surface area contributed by atoms with E-state index in [9.17, 15) is 9.59 Å². The third-order valence-electron chi connectivity index (χ3n) is 4.01.